The van der Waals surface area contributed by atoms with Crippen molar-refractivity contribution in [3.63, 3.8) is 0 Å². The van der Waals surface area contributed by atoms with Crippen molar-refractivity contribution in [2.45, 2.75) is 38.0 Å². The summed E-state index contributed by atoms with van der Waals surface area (Å²) in [5.74, 6) is 1.28. The van der Waals surface area contributed by atoms with E-state index in [2.05, 4.69) is 50.4 Å². The van der Waals surface area contributed by atoms with E-state index >= 15 is 0 Å². The molecule has 100 valence electrons. The van der Waals surface area contributed by atoms with Gasteiger partial charge in [-0.25, -0.2) is 0 Å². The average Bonchev–Trinajstić information content (AvgIpc) is 2.29. The first-order valence-electron chi connectivity index (χ1n) is 6.39. The van der Waals surface area contributed by atoms with E-state index in [9.17, 15) is 4.79 Å². The smallest absolute Gasteiger partial charge is 0.143 e. The van der Waals surface area contributed by atoms with Crippen LogP contribution in [0.5, 0.6) is 0 Å². The predicted octanol–water partition coefficient (Wildman–Crippen LogP) is 3.25. The van der Waals surface area contributed by atoms with Crippen molar-refractivity contribution in [3.05, 3.63) is 29.8 Å². The summed E-state index contributed by atoms with van der Waals surface area (Å²) in [6, 6.07) is 8.73. The Morgan fingerprint density at radius 2 is 1.89 bits per heavy atom. The van der Waals surface area contributed by atoms with Crippen LogP contribution < -0.4 is 5.32 Å². The number of benzene rings is 1. The van der Waals surface area contributed by atoms with E-state index in [4.69, 9.17) is 0 Å². The van der Waals surface area contributed by atoms with Gasteiger partial charge in [-0.3, -0.25) is 4.79 Å². The van der Waals surface area contributed by atoms with Gasteiger partial charge in [-0.2, -0.15) is 0 Å². The molecule has 0 aromatic heterocycles. The number of carbonyl (C=O) groups is 1. The fraction of sp³-hybridized carbons (Fsp3) is 0.533. The molecule has 3 heteroatoms. The maximum absolute atomic E-state index is 10.9. The summed E-state index contributed by atoms with van der Waals surface area (Å²) < 4.78 is 0. The summed E-state index contributed by atoms with van der Waals surface area (Å²) in [5, 5.41) is 3.21. The van der Waals surface area contributed by atoms with E-state index in [1.165, 1.54) is 10.5 Å². The summed E-state index contributed by atoms with van der Waals surface area (Å²) in [5.41, 5.74) is 1.35. The second kappa shape index (κ2) is 6.95. The molecule has 18 heavy (non-hydrogen) atoms. The second-order valence-corrected chi connectivity index (χ2v) is 6.48. The van der Waals surface area contributed by atoms with E-state index in [1.807, 2.05) is 11.8 Å². The standard InChI is InChI=1S/C15H23NOS/c1-5-18-14-8-6-13(7-9-14)15(3,4)11-16-10-12(2)17/h6-9,16H,5,10-11H2,1-4H3. The number of rotatable bonds is 7. The summed E-state index contributed by atoms with van der Waals surface area (Å²) in [7, 11) is 0. The molecule has 1 N–H and O–H groups in total. The first-order valence-corrected chi connectivity index (χ1v) is 7.38. The molecule has 0 saturated heterocycles. The minimum atomic E-state index is 0.0465. The molecule has 0 bridgehead atoms. The molecule has 0 heterocycles. The third kappa shape index (κ3) is 4.83. The molecule has 1 rings (SSSR count). The number of carbonyl (C=O) groups excluding carboxylic acids is 1. The van der Waals surface area contributed by atoms with Crippen LogP contribution in [0.15, 0.2) is 29.2 Å². The number of ketones is 1. The fourth-order valence-electron chi connectivity index (χ4n) is 1.82. The van der Waals surface area contributed by atoms with Crippen LogP contribution in [0.4, 0.5) is 0 Å². The van der Waals surface area contributed by atoms with Gasteiger partial charge in [0.25, 0.3) is 0 Å². The van der Waals surface area contributed by atoms with Crippen molar-refractivity contribution in [1.82, 2.24) is 5.32 Å². The van der Waals surface area contributed by atoms with Crippen LogP contribution in [0.25, 0.3) is 0 Å². The van der Waals surface area contributed by atoms with Crippen molar-refractivity contribution in [2.75, 3.05) is 18.8 Å². The lowest BCUT2D eigenvalue weighted by molar-refractivity contribution is -0.116. The van der Waals surface area contributed by atoms with Gasteiger partial charge in [0.15, 0.2) is 0 Å². The summed E-state index contributed by atoms with van der Waals surface area (Å²) >= 11 is 1.86. The van der Waals surface area contributed by atoms with Gasteiger partial charge in [0.2, 0.25) is 0 Å². The van der Waals surface area contributed by atoms with Gasteiger partial charge < -0.3 is 5.32 Å². The number of hydrogen-bond donors (Lipinski definition) is 1. The van der Waals surface area contributed by atoms with Crippen LogP contribution in [0.3, 0.4) is 0 Å². The van der Waals surface area contributed by atoms with Crippen LogP contribution in [0.2, 0.25) is 0 Å². The molecular formula is C15H23NOS. The molecule has 0 atom stereocenters. The van der Waals surface area contributed by atoms with Gasteiger partial charge in [0.05, 0.1) is 6.54 Å². The fourth-order valence-corrected chi connectivity index (χ4v) is 2.48. The summed E-state index contributed by atoms with van der Waals surface area (Å²) in [4.78, 5) is 12.2. The Morgan fingerprint density at radius 1 is 1.28 bits per heavy atom. The lowest BCUT2D eigenvalue weighted by Crippen LogP contribution is -2.35. The van der Waals surface area contributed by atoms with Gasteiger partial charge >= 0.3 is 0 Å². The average molecular weight is 265 g/mol. The minimum Gasteiger partial charge on any atom is -0.309 e. The van der Waals surface area contributed by atoms with Gasteiger partial charge in [0, 0.05) is 16.9 Å². The topological polar surface area (TPSA) is 29.1 Å². The van der Waals surface area contributed by atoms with Crippen molar-refractivity contribution in [1.29, 1.82) is 0 Å². The Bertz CT molecular complexity index is 384. The molecule has 0 aliphatic carbocycles. The predicted molar refractivity (Wildman–Crippen MR) is 79.4 cm³/mol. The minimum absolute atomic E-state index is 0.0465. The SMILES string of the molecule is CCSc1ccc(C(C)(C)CNCC(C)=O)cc1. The number of hydrogen-bond acceptors (Lipinski definition) is 3. The molecular weight excluding hydrogens is 242 g/mol. The number of Topliss-reactive ketones (excluding diaryl/α,β-unsaturated/α-hetero) is 1. The lowest BCUT2D eigenvalue weighted by atomic mass is 9.84. The van der Waals surface area contributed by atoms with E-state index in [0.717, 1.165) is 12.3 Å². The molecule has 0 unspecified atom stereocenters. The number of nitrogens with one attached hydrogen (secondary N) is 1. The van der Waals surface area contributed by atoms with Crippen LogP contribution in [-0.2, 0) is 10.2 Å². The molecule has 0 aliphatic heterocycles. The molecule has 0 amide bonds. The second-order valence-electron chi connectivity index (χ2n) is 5.15. The highest BCUT2D eigenvalue weighted by atomic mass is 32.2. The zero-order valence-corrected chi connectivity index (χ0v) is 12.6. The van der Waals surface area contributed by atoms with Crippen molar-refractivity contribution in [2.24, 2.45) is 0 Å². The van der Waals surface area contributed by atoms with Crippen molar-refractivity contribution < 1.29 is 4.79 Å². The van der Waals surface area contributed by atoms with Gasteiger partial charge in [-0.1, -0.05) is 32.9 Å². The molecule has 0 saturated carbocycles. The lowest BCUT2D eigenvalue weighted by Gasteiger charge is -2.25. The van der Waals surface area contributed by atoms with Crippen LogP contribution in [0.1, 0.15) is 33.3 Å². The Balaban J connectivity index is 2.63. The molecule has 1 aromatic rings. The zero-order chi connectivity index (χ0) is 13.6. The van der Waals surface area contributed by atoms with Crippen molar-refractivity contribution in [3.8, 4) is 0 Å². The summed E-state index contributed by atoms with van der Waals surface area (Å²) in [6.07, 6.45) is 0. The highest BCUT2D eigenvalue weighted by molar-refractivity contribution is 7.99. The first kappa shape index (κ1) is 15.3. The first-order chi connectivity index (χ1) is 8.45. The van der Waals surface area contributed by atoms with Gasteiger partial charge in [0.1, 0.15) is 5.78 Å². The molecule has 0 radical (unpaired) electrons. The van der Waals surface area contributed by atoms with E-state index in [-0.39, 0.29) is 11.2 Å². The van der Waals surface area contributed by atoms with Crippen LogP contribution in [0, 0.1) is 0 Å². The Morgan fingerprint density at radius 3 is 2.39 bits per heavy atom. The van der Waals surface area contributed by atoms with Crippen molar-refractivity contribution >= 4 is 17.5 Å². The Hall–Kier alpha value is -0.800. The molecule has 0 fully saturated rings. The highest BCUT2D eigenvalue weighted by Gasteiger charge is 2.20. The molecule has 1 aromatic carbocycles. The quantitative estimate of drug-likeness (QED) is 0.767. The van der Waals surface area contributed by atoms with E-state index in [1.54, 1.807) is 6.92 Å². The largest absolute Gasteiger partial charge is 0.309 e. The van der Waals surface area contributed by atoms with Crippen LogP contribution >= 0.6 is 11.8 Å². The van der Waals surface area contributed by atoms with E-state index in [0.29, 0.717) is 6.54 Å². The Kier molecular flexibility index (Phi) is 5.89. The van der Waals surface area contributed by atoms with Gasteiger partial charge in [-0.15, -0.1) is 11.8 Å². The molecule has 2 nitrogen and oxygen atoms in total. The third-order valence-corrected chi connectivity index (χ3v) is 3.78. The van der Waals surface area contributed by atoms with Gasteiger partial charge in [-0.05, 0) is 30.4 Å². The maximum Gasteiger partial charge on any atom is 0.143 e. The number of thioether (sulfide) groups is 1. The third-order valence-electron chi connectivity index (χ3n) is 2.89. The van der Waals surface area contributed by atoms with E-state index < -0.39 is 0 Å². The molecule has 0 aliphatic rings. The van der Waals surface area contributed by atoms with Crippen LogP contribution in [-0.4, -0.2) is 24.6 Å². The summed E-state index contributed by atoms with van der Waals surface area (Å²) in [6.45, 7) is 9.43. The maximum atomic E-state index is 10.9. The monoisotopic (exact) mass is 265 g/mol. The Labute approximate surface area is 115 Å². The zero-order valence-electron chi connectivity index (χ0n) is 11.7. The molecule has 0 spiro atoms. The highest BCUT2D eigenvalue weighted by Crippen LogP contribution is 2.25. The normalized spacial score (nSPS) is 11.6.